The Morgan fingerprint density at radius 1 is 1.14 bits per heavy atom. The van der Waals surface area contributed by atoms with Gasteiger partial charge >= 0.3 is 5.97 Å². The number of rotatable bonds is 9. The predicted molar refractivity (Wildman–Crippen MR) is 138 cm³/mol. The van der Waals surface area contributed by atoms with Gasteiger partial charge in [0.2, 0.25) is 21.8 Å². The molecule has 0 bridgehead atoms. The van der Waals surface area contributed by atoms with Crippen molar-refractivity contribution in [1.82, 2.24) is 14.5 Å². The van der Waals surface area contributed by atoms with E-state index in [-0.39, 0.29) is 39.6 Å². The lowest BCUT2D eigenvalue weighted by Crippen LogP contribution is -2.31. The maximum absolute atomic E-state index is 13.3. The van der Waals surface area contributed by atoms with Crippen molar-refractivity contribution in [3.05, 3.63) is 59.3 Å². The highest BCUT2D eigenvalue weighted by molar-refractivity contribution is 7.89. The number of benzene rings is 2. The molecule has 10 nitrogen and oxygen atoms in total. The van der Waals surface area contributed by atoms with E-state index < -0.39 is 22.0 Å². The summed E-state index contributed by atoms with van der Waals surface area (Å²) in [6, 6.07) is 11.2. The summed E-state index contributed by atoms with van der Waals surface area (Å²) in [4.78, 5) is 24.1. The fourth-order valence-electron chi connectivity index (χ4n) is 4.04. The lowest BCUT2D eigenvalue weighted by atomic mass is 9.85. The van der Waals surface area contributed by atoms with Crippen molar-refractivity contribution in [2.24, 2.45) is 5.92 Å². The number of carbonyl (C=O) groups is 2. The maximum atomic E-state index is 13.3. The molecule has 1 heterocycles. The molecule has 0 unspecified atom stereocenters. The number of aromatic carboxylic acids is 1. The first-order chi connectivity index (χ1) is 17.5. The normalized spacial score (nSPS) is 13.9. The second-order valence-electron chi connectivity index (χ2n) is 9.44. The third kappa shape index (κ3) is 5.52. The standard InChI is InChI=1S/C26H30N4O6S/c1-15(2)29-37(34,35)22-14-19(27-24(31)18-9-7-10-18)12-13-21(22)36-25-17(4)23(26(32)33)28-30(25)20-11-6-5-8-16(20)3/h5-6,8,11-15,18,29H,7,9-10H2,1-4H3,(H,27,31)(H,32,33). The Hall–Kier alpha value is -3.70. The number of carbonyl (C=O) groups excluding carboxylic acids is 1. The molecule has 1 amide bonds. The van der Waals surface area contributed by atoms with E-state index in [1.165, 1.54) is 16.8 Å². The minimum Gasteiger partial charge on any atom is -0.476 e. The van der Waals surface area contributed by atoms with Gasteiger partial charge < -0.3 is 15.2 Å². The van der Waals surface area contributed by atoms with Gasteiger partial charge in [-0.3, -0.25) is 4.79 Å². The van der Waals surface area contributed by atoms with Crippen molar-refractivity contribution in [3.63, 3.8) is 0 Å². The molecule has 37 heavy (non-hydrogen) atoms. The summed E-state index contributed by atoms with van der Waals surface area (Å²) in [5.41, 5.74) is 1.74. The largest absolute Gasteiger partial charge is 0.476 e. The van der Waals surface area contributed by atoms with E-state index >= 15 is 0 Å². The first kappa shape index (κ1) is 26.4. The van der Waals surface area contributed by atoms with Crippen LogP contribution in [0.4, 0.5) is 5.69 Å². The molecule has 0 aliphatic heterocycles. The highest BCUT2D eigenvalue weighted by Gasteiger charge is 2.29. The number of carboxylic acid groups (broad SMARTS) is 1. The van der Waals surface area contributed by atoms with Crippen LogP contribution in [-0.4, -0.2) is 41.2 Å². The van der Waals surface area contributed by atoms with Gasteiger partial charge in [0.05, 0.1) is 5.69 Å². The van der Waals surface area contributed by atoms with Gasteiger partial charge in [0.1, 0.15) is 10.6 Å². The second-order valence-corrected chi connectivity index (χ2v) is 11.1. The highest BCUT2D eigenvalue weighted by atomic mass is 32.2. The fourth-order valence-corrected chi connectivity index (χ4v) is 5.44. The number of carboxylic acids is 1. The number of anilines is 1. The summed E-state index contributed by atoms with van der Waals surface area (Å²) in [5.74, 6) is -1.44. The molecule has 1 aliphatic rings. The number of ether oxygens (including phenoxy) is 1. The van der Waals surface area contributed by atoms with E-state index in [9.17, 15) is 23.1 Å². The van der Waals surface area contributed by atoms with Gasteiger partial charge in [-0.05, 0) is 70.4 Å². The molecule has 0 radical (unpaired) electrons. The molecule has 1 aliphatic carbocycles. The average molecular weight is 527 g/mol. The van der Waals surface area contributed by atoms with Gasteiger partial charge in [0.25, 0.3) is 0 Å². The van der Waals surface area contributed by atoms with E-state index in [0.717, 1.165) is 24.8 Å². The number of nitrogens with zero attached hydrogens (tertiary/aromatic N) is 2. The zero-order chi connectivity index (χ0) is 26.9. The molecule has 11 heteroatoms. The zero-order valence-corrected chi connectivity index (χ0v) is 21.9. The Morgan fingerprint density at radius 2 is 1.84 bits per heavy atom. The van der Waals surface area contributed by atoms with Crippen LogP contribution in [0, 0.1) is 19.8 Å². The van der Waals surface area contributed by atoms with Gasteiger partial charge in [-0.2, -0.15) is 9.78 Å². The third-order valence-electron chi connectivity index (χ3n) is 6.19. The van der Waals surface area contributed by atoms with Gasteiger partial charge in [0, 0.05) is 23.2 Å². The molecule has 0 saturated heterocycles. The SMILES string of the molecule is Cc1ccccc1-n1nc(C(=O)O)c(C)c1Oc1ccc(NC(=O)C2CCC2)cc1S(=O)(=O)NC(C)C. The average Bonchev–Trinajstić information content (AvgIpc) is 3.09. The summed E-state index contributed by atoms with van der Waals surface area (Å²) in [6.45, 7) is 6.78. The van der Waals surface area contributed by atoms with Gasteiger partial charge in [-0.25, -0.2) is 17.9 Å². The van der Waals surface area contributed by atoms with Crippen LogP contribution in [0.2, 0.25) is 0 Å². The smallest absolute Gasteiger partial charge is 0.356 e. The van der Waals surface area contributed by atoms with E-state index in [2.05, 4.69) is 15.1 Å². The van der Waals surface area contributed by atoms with E-state index in [1.807, 2.05) is 19.1 Å². The van der Waals surface area contributed by atoms with Crippen molar-refractivity contribution >= 4 is 27.6 Å². The molecule has 2 aromatic carbocycles. The second kappa shape index (κ2) is 10.3. The van der Waals surface area contributed by atoms with Crippen LogP contribution >= 0.6 is 0 Å². The van der Waals surface area contributed by atoms with Crippen molar-refractivity contribution in [2.75, 3.05) is 5.32 Å². The van der Waals surface area contributed by atoms with Crippen LogP contribution in [0.3, 0.4) is 0 Å². The molecule has 0 spiro atoms. The molecular formula is C26H30N4O6S. The Morgan fingerprint density at radius 3 is 2.43 bits per heavy atom. The molecule has 1 aromatic heterocycles. The number of hydrogen-bond donors (Lipinski definition) is 3. The van der Waals surface area contributed by atoms with Crippen LogP contribution in [0.5, 0.6) is 11.6 Å². The number of para-hydroxylation sites is 1. The lowest BCUT2D eigenvalue weighted by molar-refractivity contribution is -0.122. The van der Waals surface area contributed by atoms with Gasteiger partial charge in [-0.1, -0.05) is 24.6 Å². The molecular weight excluding hydrogens is 496 g/mol. The van der Waals surface area contributed by atoms with Crippen molar-refractivity contribution in [3.8, 4) is 17.3 Å². The number of amides is 1. The molecule has 3 N–H and O–H groups in total. The van der Waals surface area contributed by atoms with Crippen LogP contribution in [-0.2, 0) is 14.8 Å². The van der Waals surface area contributed by atoms with Crippen LogP contribution < -0.4 is 14.8 Å². The summed E-state index contributed by atoms with van der Waals surface area (Å²) >= 11 is 0. The number of sulfonamides is 1. The number of aromatic nitrogens is 2. The first-order valence-corrected chi connectivity index (χ1v) is 13.5. The van der Waals surface area contributed by atoms with E-state index in [4.69, 9.17) is 4.74 Å². The molecule has 3 aromatic rings. The fraction of sp³-hybridized carbons (Fsp3) is 0.346. The third-order valence-corrected chi connectivity index (χ3v) is 7.87. The first-order valence-electron chi connectivity index (χ1n) is 12.0. The van der Waals surface area contributed by atoms with Crippen LogP contribution in [0.1, 0.15) is 54.7 Å². The minimum absolute atomic E-state index is 0.0374. The molecule has 1 saturated carbocycles. The topological polar surface area (TPSA) is 140 Å². The van der Waals surface area contributed by atoms with Crippen LogP contribution in [0.25, 0.3) is 5.69 Å². The number of aryl methyl sites for hydroxylation is 1. The quantitative estimate of drug-likeness (QED) is 0.375. The molecule has 4 rings (SSSR count). The van der Waals surface area contributed by atoms with Crippen molar-refractivity contribution in [2.45, 2.75) is 57.9 Å². The maximum Gasteiger partial charge on any atom is 0.356 e. The molecule has 196 valence electrons. The van der Waals surface area contributed by atoms with E-state index in [1.54, 1.807) is 39.0 Å². The Labute approximate surface area is 215 Å². The van der Waals surface area contributed by atoms with Crippen LogP contribution in [0.15, 0.2) is 47.4 Å². The zero-order valence-electron chi connectivity index (χ0n) is 21.1. The Balaban J connectivity index is 1.82. The van der Waals surface area contributed by atoms with Crippen molar-refractivity contribution < 1.29 is 27.9 Å². The minimum atomic E-state index is -4.06. The monoisotopic (exact) mass is 526 g/mol. The Kier molecular flexibility index (Phi) is 7.37. The summed E-state index contributed by atoms with van der Waals surface area (Å²) in [7, 11) is -4.06. The molecule has 1 fully saturated rings. The number of nitrogens with one attached hydrogen (secondary N) is 2. The van der Waals surface area contributed by atoms with Gasteiger partial charge in [-0.15, -0.1) is 0 Å². The van der Waals surface area contributed by atoms with Crippen molar-refractivity contribution in [1.29, 1.82) is 0 Å². The highest BCUT2D eigenvalue weighted by Crippen LogP contribution is 2.36. The number of hydrogen-bond acceptors (Lipinski definition) is 6. The summed E-state index contributed by atoms with van der Waals surface area (Å²) in [6.07, 6.45) is 2.61. The predicted octanol–water partition coefficient (Wildman–Crippen LogP) is 4.40. The van der Waals surface area contributed by atoms with E-state index in [0.29, 0.717) is 11.4 Å². The summed E-state index contributed by atoms with van der Waals surface area (Å²) in [5, 5.41) is 16.7. The van der Waals surface area contributed by atoms with Gasteiger partial charge in [0.15, 0.2) is 5.69 Å². The lowest BCUT2D eigenvalue weighted by Gasteiger charge is -2.24. The summed E-state index contributed by atoms with van der Waals surface area (Å²) < 4.78 is 36.6. The molecule has 0 atom stereocenters. The Bertz CT molecular complexity index is 1460.